The standard InChI is InChI=1S/C10H8ClNO3/c11-7-2-1-3-8(12(14)15)9(7)10(13)6-4-5-6/h1-3,6H,4-5H2. The molecule has 15 heavy (non-hydrogen) atoms. The van der Waals surface area contributed by atoms with Crippen molar-refractivity contribution in [3.05, 3.63) is 38.9 Å². The molecular weight excluding hydrogens is 218 g/mol. The first kappa shape index (κ1) is 10.1. The quantitative estimate of drug-likeness (QED) is 0.451. The van der Waals surface area contributed by atoms with Crippen molar-refractivity contribution in [2.24, 2.45) is 5.92 Å². The van der Waals surface area contributed by atoms with E-state index in [1.165, 1.54) is 18.2 Å². The minimum Gasteiger partial charge on any atom is -0.294 e. The fourth-order valence-corrected chi connectivity index (χ4v) is 1.72. The zero-order valence-electron chi connectivity index (χ0n) is 7.77. The smallest absolute Gasteiger partial charge is 0.281 e. The lowest BCUT2D eigenvalue weighted by Gasteiger charge is -2.02. The maximum atomic E-state index is 11.8. The van der Waals surface area contributed by atoms with Crippen molar-refractivity contribution in [3.63, 3.8) is 0 Å². The maximum Gasteiger partial charge on any atom is 0.281 e. The van der Waals surface area contributed by atoms with Gasteiger partial charge in [0.1, 0.15) is 5.56 Å². The van der Waals surface area contributed by atoms with Crippen LogP contribution in [0.2, 0.25) is 5.02 Å². The van der Waals surface area contributed by atoms with Gasteiger partial charge in [0.15, 0.2) is 5.78 Å². The molecule has 0 spiro atoms. The summed E-state index contributed by atoms with van der Waals surface area (Å²) in [5.41, 5.74) is -0.133. The Morgan fingerprint density at radius 1 is 1.47 bits per heavy atom. The van der Waals surface area contributed by atoms with Crippen LogP contribution >= 0.6 is 11.6 Å². The third-order valence-electron chi connectivity index (χ3n) is 2.38. The van der Waals surface area contributed by atoms with Crippen LogP contribution in [0.25, 0.3) is 0 Å². The van der Waals surface area contributed by atoms with E-state index in [0.717, 1.165) is 12.8 Å². The molecule has 0 unspecified atom stereocenters. The van der Waals surface area contributed by atoms with Crippen molar-refractivity contribution in [1.82, 2.24) is 0 Å². The molecule has 1 saturated carbocycles. The molecule has 0 saturated heterocycles. The lowest BCUT2D eigenvalue weighted by atomic mass is 10.1. The molecule has 0 aliphatic heterocycles. The Balaban J connectivity index is 2.51. The Morgan fingerprint density at radius 3 is 2.67 bits per heavy atom. The van der Waals surface area contributed by atoms with E-state index in [2.05, 4.69) is 0 Å². The van der Waals surface area contributed by atoms with Gasteiger partial charge < -0.3 is 0 Å². The molecule has 4 nitrogen and oxygen atoms in total. The van der Waals surface area contributed by atoms with Crippen LogP contribution in [0.5, 0.6) is 0 Å². The van der Waals surface area contributed by atoms with Crippen molar-refractivity contribution < 1.29 is 9.72 Å². The molecule has 1 fully saturated rings. The number of halogens is 1. The Labute approximate surface area is 91.0 Å². The second-order valence-electron chi connectivity index (χ2n) is 3.53. The van der Waals surface area contributed by atoms with Gasteiger partial charge in [0.05, 0.1) is 9.95 Å². The van der Waals surface area contributed by atoms with E-state index >= 15 is 0 Å². The second-order valence-corrected chi connectivity index (χ2v) is 3.94. The zero-order valence-corrected chi connectivity index (χ0v) is 8.53. The fourth-order valence-electron chi connectivity index (χ4n) is 1.46. The molecule has 5 heteroatoms. The minimum atomic E-state index is -0.568. The summed E-state index contributed by atoms with van der Waals surface area (Å²) in [7, 11) is 0. The van der Waals surface area contributed by atoms with Gasteiger partial charge in [-0.3, -0.25) is 14.9 Å². The predicted molar refractivity (Wildman–Crippen MR) is 55.2 cm³/mol. The van der Waals surface area contributed by atoms with E-state index < -0.39 is 4.92 Å². The molecule has 0 amide bonds. The van der Waals surface area contributed by atoms with Gasteiger partial charge in [-0.2, -0.15) is 0 Å². The number of hydrogen-bond acceptors (Lipinski definition) is 3. The van der Waals surface area contributed by atoms with Crippen molar-refractivity contribution >= 4 is 23.1 Å². The highest BCUT2D eigenvalue weighted by Crippen LogP contribution is 2.37. The first-order valence-electron chi connectivity index (χ1n) is 4.58. The highest BCUT2D eigenvalue weighted by atomic mass is 35.5. The van der Waals surface area contributed by atoms with Gasteiger partial charge in [0.25, 0.3) is 5.69 Å². The van der Waals surface area contributed by atoms with E-state index in [-0.39, 0.29) is 28.0 Å². The first-order chi connectivity index (χ1) is 7.11. The molecule has 1 aliphatic rings. The molecule has 0 bridgehead atoms. The second kappa shape index (κ2) is 3.62. The highest BCUT2D eigenvalue weighted by molar-refractivity contribution is 6.34. The molecule has 0 atom stereocenters. The van der Waals surface area contributed by atoms with E-state index in [1.54, 1.807) is 0 Å². The normalized spacial score (nSPS) is 15.0. The highest BCUT2D eigenvalue weighted by Gasteiger charge is 2.35. The van der Waals surface area contributed by atoms with Gasteiger partial charge in [-0.25, -0.2) is 0 Å². The summed E-state index contributed by atoms with van der Waals surface area (Å²) in [4.78, 5) is 21.9. The molecule has 1 aromatic carbocycles. The average Bonchev–Trinajstić information content (AvgIpc) is 2.99. The minimum absolute atomic E-state index is 0.0617. The van der Waals surface area contributed by atoms with Gasteiger partial charge >= 0.3 is 0 Å². The zero-order chi connectivity index (χ0) is 11.0. The van der Waals surface area contributed by atoms with Crippen LogP contribution in [-0.4, -0.2) is 10.7 Å². The fraction of sp³-hybridized carbons (Fsp3) is 0.300. The van der Waals surface area contributed by atoms with Gasteiger partial charge in [0, 0.05) is 12.0 Å². The van der Waals surface area contributed by atoms with Crippen molar-refractivity contribution in [2.45, 2.75) is 12.8 Å². The van der Waals surface area contributed by atoms with E-state index in [9.17, 15) is 14.9 Å². The summed E-state index contributed by atoms with van der Waals surface area (Å²) in [5, 5.41) is 10.9. The number of rotatable bonds is 3. The van der Waals surface area contributed by atoms with Gasteiger partial charge in [-0.05, 0) is 18.9 Å². The van der Waals surface area contributed by atoms with Crippen molar-refractivity contribution in [1.29, 1.82) is 0 Å². The van der Waals surface area contributed by atoms with Gasteiger partial charge in [-0.1, -0.05) is 17.7 Å². The summed E-state index contributed by atoms with van der Waals surface area (Å²) in [6, 6.07) is 4.29. The van der Waals surface area contributed by atoms with Gasteiger partial charge in [-0.15, -0.1) is 0 Å². The van der Waals surface area contributed by atoms with Crippen LogP contribution in [0.3, 0.4) is 0 Å². The number of hydrogen-bond donors (Lipinski definition) is 0. The lowest BCUT2D eigenvalue weighted by Crippen LogP contribution is -2.06. The molecule has 0 aromatic heterocycles. The number of carbonyl (C=O) groups excluding carboxylic acids is 1. The SMILES string of the molecule is O=C(c1c(Cl)cccc1[N+](=O)[O-])C1CC1. The van der Waals surface area contributed by atoms with E-state index in [0.29, 0.717) is 0 Å². The summed E-state index contributed by atoms with van der Waals surface area (Å²) in [6.07, 6.45) is 1.61. The number of ketones is 1. The number of nitro groups is 1. The van der Waals surface area contributed by atoms with Crippen LogP contribution in [0.15, 0.2) is 18.2 Å². The summed E-state index contributed by atoms with van der Waals surface area (Å²) in [6.45, 7) is 0. The van der Waals surface area contributed by atoms with Crippen LogP contribution in [0.1, 0.15) is 23.2 Å². The Morgan fingerprint density at radius 2 is 2.13 bits per heavy atom. The van der Waals surface area contributed by atoms with E-state index in [1.807, 2.05) is 0 Å². The molecule has 1 aromatic rings. The van der Waals surface area contributed by atoms with Crippen LogP contribution in [-0.2, 0) is 0 Å². The third kappa shape index (κ3) is 1.85. The number of benzene rings is 1. The molecular formula is C10H8ClNO3. The average molecular weight is 226 g/mol. The number of carbonyl (C=O) groups is 1. The predicted octanol–water partition coefficient (Wildman–Crippen LogP) is 2.84. The monoisotopic (exact) mass is 225 g/mol. The summed E-state index contributed by atoms with van der Waals surface area (Å²) < 4.78 is 0. The molecule has 2 rings (SSSR count). The molecule has 1 aliphatic carbocycles. The van der Waals surface area contributed by atoms with Crippen molar-refractivity contribution in [2.75, 3.05) is 0 Å². The molecule has 78 valence electrons. The summed E-state index contributed by atoms with van der Waals surface area (Å²) >= 11 is 5.81. The lowest BCUT2D eigenvalue weighted by molar-refractivity contribution is -0.385. The van der Waals surface area contributed by atoms with Crippen LogP contribution in [0, 0.1) is 16.0 Å². The number of nitrogens with zero attached hydrogens (tertiary/aromatic N) is 1. The first-order valence-corrected chi connectivity index (χ1v) is 4.96. The van der Waals surface area contributed by atoms with Crippen molar-refractivity contribution in [3.8, 4) is 0 Å². The van der Waals surface area contributed by atoms with Crippen LogP contribution < -0.4 is 0 Å². The maximum absolute atomic E-state index is 11.8. The Kier molecular flexibility index (Phi) is 2.44. The Bertz CT molecular complexity index is 440. The van der Waals surface area contributed by atoms with Gasteiger partial charge in [0.2, 0.25) is 0 Å². The number of Topliss-reactive ketones (excluding diaryl/α,β-unsaturated/α-hetero) is 1. The molecule has 0 radical (unpaired) electrons. The number of nitro benzene ring substituents is 1. The largest absolute Gasteiger partial charge is 0.294 e. The Hall–Kier alpha value is -1.42. The molecule has 0 heterocycles. The summed E-state index contributed by atoms with van der Waals surface area (Å²) in [5.74, 6) is -0.268. The topological polar surface area (TPSA) is 60.2 Å². The van der Waals surface area contributed by atoms with E-state index in [4.69, 9.17) is 11.6 Å². The van der Waals surface area contributed by atoms with Crippen LogP contribution in [0.4, 0.5) is 5.69 Å². The third-order valence-corrected chi connectivity index (χ3v) is 2.70. The molecule has 0 N–H and O–H groups in total.